The Morgan fingerprint density at radius 2 is 2.15 bits per heavy atom. The van der Waals surface area contributed by atoms with Crippen molar-refractivity contribution in [2.45, 2.75) is 20.3 Å². The van der Waals surface area contributed by atoms with Crippen molar-refractivity contribution in [1.82, 2.24) is 15.5 Å². The molecule has 2 aromatic rings. The second kappa shape index (κ2) is 7.11. The molecule has 108 valence electrons. The number of halogens is 2. The zero-order valence-electron chi connectivity index (χ0n) is 11.5. The highest BCUT2D eigenvalue weighted by molar-refractivity contribution is 7.14. The molecule has 0 radical (unpaired) electrons. The summed E-state index contributed by atoms with van der Waals surface area (Å²) in [5, 5.41) is 13.5. The summed E-state index contributed by atoms with van der Waals surface area (Å²) < 4.78 is 13.1. The minimum atomic E-state index is -0.418. The summed E-state index contributed by atoms with van der Waals surface area (Å²) >= 11 is 7.29. The number of rotatable bonds is 6. The average Bonchev–Trinajstić information content (AvgIpc) is 2.86. The van der Waals surface area contributed by atoms with E-state index in [2.05, 4.69) is 29.4 Å². The van der Waals surface area contributed by atoms with Gasteiger partial charge in [-0.2, -0.15) is 0 Å². The van der Waals surface area contributed by atoms with Gasteiger partial charge in [-0.15, -0.1) is 10.2 Å². The van der Waals surface area contributed by atoms with E-state index in [9.17, 15) is 4.39 Å². The molecule has 0 amide bonds. The molecule has 1 aromatic carbocycles. The molecule has 0 saturated heterocycles. The minimum absolute atomic E-state index is 0.109. The second-order valence-electron chi connectivity index (χ2n) is 4.98. The maximum Gasteiger partial charge on any atom is 0.147 e. The lowest BCUT2D eigenvalue weighted by Crippen LogP contribution is -2.22. The van der Waals surface area contributed by atoms with Gasteiger partial charge in [0.25, 0.3) is 0 Å². The fourth-order valence-electron chi connectivity index (χ4n) is 1.69. The van der Waals surface area contributed by atoms with Crippen LogP contribution in [0, 0.1) is 11.7 Å². The molecule has 3 nitrogen and oxygen atoms in total. The van der Waals surface area contributed by atoms with Gasteiger partial charge in [0.2, 0.25) is 0 Å². The quantitative estimate of drug-likeness (QED) is 0.825. The van der Waals surface area contributed by atoms with Crippen molar-refractivity contribution in [2.24, 2.45) is 5.92 Å². The first-order valence-electron chi connectivity index (χ1n) is 6.55. The number of nitrogens with one attached hydrogen (secondary N) is 1. The zero-order valence-corrected chi connectivity index (χ0v) is 13.1. The normalized spacial score (nSPS) is 11.2. The molecule has 0 aliphatic heterocycles. The average molecular weight is 314 g/mol. The molecule has 0 atom stereocenters. The predicted octanol–water partition coefficient (Wildman–Crippen LogP) is 3.79. The second-order valence-corrected chi connectivity index (χ2v) is 6.45. The predicted molar refractivity (Wildman–Crippen MR) is 81.7 cm³/mol. The van der Waals surface area contributed by atoms with Crippen molar-refractivity contribution in [3.8, 4) is 10.6 Å². The van der Waals surface area contributed by atoms with Gasteiger partial charge >= 0.3 is 0 Å². The van der Waals surface area contributed by atoms with Gasteiger partial charge in [-0.25, -0.2) is 4.39 Å². The Morgan fingerprint density at radius 1 is 1.35 bits per heavy atom. The van der Waals surface area contributed by atoms with Crippen molar-refractivity contribution >= 4 is 22.9 Å². The lowest BCUT2D eigenvalue weighted by Gasteiger charge is -2.05. The van der Waals surface area contributed by atoms with Crippen LogP contribution in [0.3, 0.4) is 0 Å². The van der Waals surface area contributed by atoms with Crippen LogP contribution in [0.25, 0.3) is 10.6 Å². The van der Waals surface area contributed by atoms with E-state index >= 15 is 0 Å². The van der Waals surface area contributed by atoms with Crippen LogP contribution in [-0.2, 0) is 6.42 Å². The molecule has 0 saturated carbocycles. The minimum Gasteiger partial charge on any atom is -0.316 e. The van der Waals surface area contributed by atoms with Crippen LogP contribution in [0.4, 0.5) is 4.39 Å². The third-order valence-electron chi connectivity index (χ3n) is 2.70. The number of benzene rings is 1. The molecule has 0 unspecified atom stereocenters. The monoisotopic (exact) mass is 313 g/mol. The first-order chi connectivity index (χ1) is 9.56. The lowest BCUT2D eigenvalue weighted by atomic mass is 10.2. The maximum absolute atomic E-state index is 13.1. The van der Waals surface area contributed by atoms with E-state index in [4.69, 9.17) is 11.6 Å². The van der Waals surface area contributed by atoms with Crippen LogP contribution in [0.1, 0.15) is 18.9 Å². The Balaban J connectivity index is 1.96. The summed E-state index contributed by atoms with van der Waals surface area (Å²) in [4.78, 5) is 0. The van der Waals surface area contributed by atoms with E-state index in [1.165, 1.54) is 17.4 Å². The Labute approximate surface area is 127 Å². The van der Waals surface area contributed by atoms with Gasteiger partial charge in [0.15, 0.2) is 0 Å². The fourth-order valence-corrected chi connectivity index (χ4v) is 2.70. The Kier molecular flexibility index (Phi) is 5.46. The number of hydrogen-bond donors (Lipinski definition) is 1. The molecule has 20 heavy (non-hydrogen) atoms. The molecule has 0 fully saturated rings. The Bertz CT molecular complexity index is 571. The molecular weight excluding hydrogens is 297 g/mol. The fraction of sp³-hybridized carbons (Fsp3) is 0.429. The highest BCUT2D eigenvalue weighted by Crippen LogP contribution is 2.27. The van der Waals surface area contributed by atoms with E-state index in [1.54, 1.807) is 12.1 Å². The molecule has 0 aliphatic carbocycles. The van der Waals surface area contributed by atoms with Crippen LogP contribution >= 0.6 is 22.9 Å². The summed E-state index contributed by atoms with van der Waals surface area (Å²) in [6.45, 7) is 6.23. The highest BCUT2D eigenvalue weighted by atomic mass is 35.5. The Hall–Kier alpha value is -1.04. The van der Waals surface area contributed by atoms with Gasteiger partial charge in [-0.3, -0.25) is 0 Å². The van der Waals surface area contributed by atoms with Crippen molar-refractivity contribution < 1.29 is 4.39 Å². The molecule has 0 spiro atoms. The SMILES string of the molecule is CC(C)CNCCc1nnc(-c2ccc(F)c(Cl)c2)s1. The van der Waals surface area contributed by atoms with E-state index in [0.29, 0.717) is 5.92 Å². The Morgan fingerprint density at radius 3 is 2.85 bits per heavy atom. The van der Waals surface area contributed by atoms with Gasteiger partial charge in [0.1, 0.15) is 15.8 Å². The van der Waals surface area contributed by atoms with Gasteiger partial charge in [-0.05, 0) is 30.7 Å². The summed E-state index contributed by atoms with van der Waals surface area (Å²) in [6.07, 6.45) is 0.847. The topological polar surface area (TPSA) is 37.8 Å². The van der Waals surface area contributed by atoms with Crippen molar-refractivity contribution in [2.75, 3.05) is 13.1 Å². The molecule has 1 heterocycles. The maximum atomic E-state index is 13.1. The van der Waals surface area contributed by atoms with E-state index in [-0.39, 0.29) is 5.02 Å². The summed E-state index contributed by atoms with van der Waals surface area (Å²) in [6, 6.07) is 4.60. The van der Waals surface area contributed by atoms with Crippen LogP contribution in [0.15, 0.2) is 18.2 Å². The summed E-state index contributed by atoms with van der Waals surface area (Å²) in [5.41, 5.74) is 0.801. The van der Waals surface area contributed by atoms with Gasteiger partial charge < -0.3 is 5.32 Å². The third-order valence-corrected chi connectivity index (χ3v) is 4.02. The number of hydrogen-bond acceptors (Lipinski definition) is 4. The molecule has 1 N–H and O–H groups in total. The van der Waals surface area contributed by atoms with Gasteiger partial charge in [0, 0.05) is 18.5 Å². The molecule has 2 rings (SSSR count). The lowest BCUT2D eigenvalue weighted by molar-refractivity contribution is 0.553. The van der Waals surface area contributed by atoms with Crippen LogP contribution in [-0.4, -0.2) is 23.3 Å². The summed E-state index contributed by atoms with van der Waals surface area (Å²) in [5.74, 6) is 0.222. The molecule has 1 aromatic heterocycles. The van der Waals surface area contributed by atoms with E-state index in [1.807, 2.05) is 0 Å². The number of aromatic nitrogens is 2. The largest absolute Gasteiger partial charge is 0.316 e. The zero-order chi connectivity index (χ0) is 14.5. The molecular formula is C14H17ClFN3S. The molecule has 6 heteroatoms. The van der Waals surface area contributed by atoms with E-state index < -0.39 is 5.82 Å². The van der Waals surface area contributed by atoms with Gasteiger partial charge in [0.05, 0.1) is 5.02 Å². The smallest absolute Gasteiger partial charge is 0.147 e. The van der Waals surface area contributed by atoms with Crippen molar-refractivity contribution in [1.29, 1.82) is 0 Å². The van der Waals surface area contributed by atoms with Crippen LogP contribution < -0.4 is 5.32 Å². The van der Waals surface area contributed by atoms with Crippen molar-refractivity contribution in [3.05, 3.63) is 34.0 Å². The van der Waals surface area contributed by atoms with Crippen molar-refractivity contribution in [3.63, 3.8) is 0 Å². The standard InChI is InChI=1S/C14H17ClFN3S/c1-9(2)8-17-6-5-13-18-19-14(20-13)10-3-4-12(16)11(15)7-10/h3-4,7,9,17H,5-6,8H2,1-2H3. The van der Waals surface area contributed by atoms with Gasteiger partial charge in [-0.1, -0.05) is 36.8 Å². The first-order valence-corrected chi connectivity index (χ1v) is 7.74. The third kappa shape index (κ3) is 4.23. The van der Waals surface area contributed by atoms with Crippen LogP contribution in [0.5, 0.6) is 0 Å². The summed E-state index contributed by atoms with van der Waals surface area (Å²) in [7, 11) is 0. The first kappa shape index (κ1) is 15.4. The molecule has 0 bridgehead atoms. The van der Waals surface area contributed by atoms with E-state index in [0.717, 1.165) is 35.1 Å². The molecule has 0 aliphatic rings. The highest BCUT2D eigenvalue weighted by Gasteiger charge is 2.09. The van der Waals surface area contributed by atoms with Crippen LogP contribution in [0.2, 0.25) is 5.02 Å². The number of nitrogens with zero attached hydrogens (tertiary/aromatic N) is 2.